The van der Waals surface area contributed by atoms with Gasteiger partial charge in [0, 0.05) is 0 Å². The van der Waals surface area contributed by atoms with E-state index >= 15 is 0 Å². The third-order valence-corrected chi connectivity index (χ3v) is 9.49. The Morgan fingerprint density at radius 1 is 0.562 bits per heavy atom. The molecule has 0 unspecified atom stereocenters. The van der Waals surface area contributed by atoms with Crippen molar-refractivity contribution in [3.63, 3.8) is 0 Å². The van der Waals surface area contributed by atoms with E-state index in [0.717, 1.165) is 3.89 Å². The normalized spacial score (nSPS) is 13.1. The second-order valence-corrected chi connectivity index (χ2v) is 20.8. The van der Waals surface area contributed by atoms with Gasteiger partial charge in [-0.2, -0.15) is 0 Å². The molecule has 9 nitrogen and oxygen atoms in total. The summed E-state index contributed by atoms with van der Waals surface area (Å²) in [5.41, 5.74) is -2.73. The van der Waals surface area contributed by atoms with E-state index in [9.17, 15) is 14.0 Å². The lowest BCUT2D eigenvalue weighted by atomic mass is 10.1. The van der Waals surface area contributed by atoms with Gasteiger partial charge in [-0.15, -0.1) is 0 Å². The molecule has 0 aliphatic heterocycles. The van der Waals surface area contributed by atoms with Crippen LogP contribution in [-0.2, 0) is 31.7 Å². The lowest BCUT2D eigenvalue weighted by Crippen LogP contribution is -3.34. The lowest BCUT2D eigenvalue weighted by Gasteiger charge is -2.39. The summed E-state index contributed by atoms with van der Waals surface area (Å²) in [7, 11) is -7.78. The highest BCUT2D eigenvalue weighted by atomic mass is 127. The van der Waals surface area contributed by atoms with Crippen LogP contribution < -0.4 is 27.5 Å². The molecular weight excluding hydrogens is 810 g/mol. The van der Waals surface area contributed by atoms with Crippen LogP contribution in [0.3, 0.4) is 0 Å². The number of nitrogens with zero attached hydrogens (tertiary/aromatic N) is 1. The Morgan fingerprint density at radius 2 is 0.792 bits per heavy atom. The zero-order valence-electron chi connectivity index (χ0n) is 33.7. The van der Waals surface area contributed by atoms with Crippen LogP contribution in [0, 0.1) is 0 Å². The van der Waals surface area contributed by atoms with Gasteiger partial charge in [-0.3, -0.25) is 18.1 Å². The predicted molar refractivity (Wildman–Crippen MR) is 202 cm³/mol. The summed E-state index contributed by atoms with van der Waals surface area (Å²) in [5, 5.41) is 0. The Bertz CT molecular complexity index is 781. The van der Waals surface area contributed by atoms with Gasteiger partial charge in [0.2, 0.25) is 3.89 Å². The molecule has 0 aromatic rings. The minimum Gasteiger partial charge on any atom is -0.756 e. The summed E-state index contributed by atoms with van der Waals surface area (Å²) in [5.74, 6) is 0. The first kappa shape index (κ1) is 56.2. The fourth-order valence-corrected chi connectivity index (χ4v) is 7.48. The molecule has 0 amide bonds. The Morgan fingerprint density at radius 3 is 0.958 bits per heavy atom. The van der Waals surface area contributed by atoms with Crippen LogP contribution in [0.1, 0.15) is 162 Å². The van der Waals surface area contributed by atoms with Gasteiger partial charge in [-0.05, 0) is 109 Å². The maximum absolute atomic E-state index is 12.1. The minimum atomic E-state index is -4.19. The predicted octanol–water partition coefficient (Wildman–Crippen LogP) is 8.49. The molecule has 14 heteroatoms. The fourth-order valence-electron chi connectivity index (χ4n) is 4.14. The molecule has 0 bridgehead atoms. The standard InChI is InChI=1S/C16H36N.C9H20ClO4P.C8H19O4P.CH3ClI/c1-5-9-13-17(14-10-6-2,15-11-7-3)16-12-8-4;1-8(2,3)13-15(11,12-7-10)14-9(4,5)6;1-7(2,3)11-13(9,10)12-8(4,5)6;2-1-3/h5-16H2,1-4H3;7H2,1-6H3;1-6H3,(H,9,10);3H,1H2/q+1;;;+1/p-1. The number of hydrogen-bond donors (Lipinski definition) is 0. The molecule has 0 aliphatic carbocycles. The van der Waals surface area contributed by atoms with Crippen molar-refractivity contribution in [3.8, 4) is 0 Å². The molecule has 0 saturated heterocycles. The number of halogens is 3. The van der Waals surface area contributed by atoms with E-state index in [-0.39, 0.29) is 6.07 Å². The largest absolute Gasteiger partial charge is 0.756 e. The molecule has 0 radical (unpaired) electrons. The quantitative estimate of drug-likeness (QED) is 0.0585. The fraction of sp³-hybridized carbons (Fsp3) is 1.00. The molecule has 0 rings (SSSR count). The van der Waals surface area contributed by atoms with E-state index in [1.807, 2.05) is 22.6 Å². The van der Waals surface area contributed by atoms with Crippen molar-refractivity contribution in [1.82, 2.24) is 0 Å². The second-order valence-electron chi connectivity index (χ2n) is 15.7. The highest BCUT2D eigenvalue weighted by Crippen LogP contribution is 2.55. The van der Waals surface area contributed by atoms with Crippen molar-refractivity contribution in [2.24, 2.45) is 0 Å². The summed E-state index contributed by atoms with van der Waals surface area (Å²) in [6.07, 6.45) is 11.1. The molecule has 0 atom stereocenters. The van der Waals surface area contributed by atoms with Crippen LogP contribution in [0.5, 0.6) is 0 Å². The topological polar surface area (TPSA) is 103 Å². The van der Waals surface area contributed by atoms with Gasteiger partial charge in [-0.25, -0.2) is 4.57 Å². The third-order valence-electron chi connectivity index (χ3n) is 5.69. The second kappa shape index (κ2) is 28.0. The lowest BCUT2D eigenvalue weighted by molar-refractivity contribution is -0.929. The van der Waals surface area contributed by atoms with Crippen LogP contribution in [0.15, 0.2) is 0 Å². The maximum atomic E-state index is 12.1. The van der Waals surface area contributed by atoms with Crippen LogP contribution in [0.4, 0.5) is 0 Å². The highest BCUT2D eigenvalue weighted by molar-refractivity contribution is 7.48. The van der Waals surface area contributed by atoms with Gasteiger partial charge in [0.25, 0.3) is 30.4 Å². The monoisotopic (exact) mass is 886 g/mol. The summed E-state index contributed by atoms with van der Waals surface area (Å²) < 4.78 is 50.4. The summed E-state index contributed by atoms with van der Waals surface area (Å²) in [6, 6.07) is -0.233. The number of quaternary nitrogens is 1. The van der Waals surface area contributed by atoms with Crippen molar-refractivity contribution in [2.75, 3.05) is 36.1 Å². The van der Waals surface area contributed by atoms with Gasteiger partial charge < -0.3 is 18.4 Å². The Labute approximate surface area is 321 Å². The van der Waals surface area contributed by atoms with Crippen molar-refractivity contribution < 1.29 is 63.7 Å². The minimum absolute atomic E-state index is 0.233. The first-order valence-corrected chi connectivity index (χ1v) is 23.1. The zero-order chi connectivity index (χ0) is 38.9. The molecule has 0 saturated carbocycles. The Hall–Kier alpha value is 1.49. The van der Waals surface area contributed by atoms with Gasteiger partial charge in [0.05, 0.1) is 48.6 Å². The average molecular weight is 888 g/mol. The van der Waals surface area contributed by atoms with Gasteiger partial charge in [-0.1, -0.05) is 76.6 Å². The van der Waals surface area contributed by atoms with Crippen LogP contribution >= 0.6 is 38.8 Å². The van der Waals surface area contributed by atoms with Crippen LogP contribution in [0.2, 0.25) is 0 Å². The molecule has 296 valence electrons. The van der Waals surface area contributed by atoms with E-state index in [0.29, 0.717) is 0 Å². The van der Waals surface area contributed by atoms with Gasteiger partial charge in [0.15, 0.2) is 0 Å². The third kappa shape index (κ3) is 41.9. The molecule has 0 aromatic heterocycles. The Balaban J connectivity index is -0.000000292. The van der Waals surface area contributed by atoms with E-state index < -0.39 is 38.0 Å². The van der Waals surface area contributed by atoms with Gasteiger partial charge >= 0.3 is 7.82 Å². The van der Waals surface area contributed by atoms with Crippen molar-refractivity contribution in [3.05, 3.63) is 0 Å². The number of hydrogen-bond acceptors (Lipinski definition) is 8. The maximum Gasteiger partial charge on any atom is 0.476 e. The zero-order valence-corrected chi connectivity index (χ0v) is 39.3. The first-order valence-electron chi connectivity index (χ1n) is 17.5. The number of alkyl halides is 3. The van der Waals surface area contributed by atoms with E-state index in [1.165, 1.54) is 82.0 Å². The van der Waals surface area contributed by atoms with E-state index in [4.69, 9.17) is 45.8 Å². The SMILES string of the molecule is CC(C)(C)OP(=O)(OCCl)OC(C)(C)C.CC(C)(C)OP(=O)([O-])OC(C)(C)C.CCCC[N+](CCCC)(CCCC)CCCC.ClC[IH+]. The number of rotatable bonds is 18. The van der Waals surface area contributed by atoms with Crippen molar-refractivity contribution in [1.29, 1.82) is 0 Å². The molecular formula is C34H77Cl2INO8P2+. The Kier molecular flexibility index (Phi) is 32.8. The summed E-state index contributed by atoms with van der Waals surface area (Å²) in [4.78, 5) is 11.2. The summed E-state index contributed by atoms with van der Waals surface area (Å²) in [6.45, 7) is 35.6. The van der Waals surface area contributed by atoms with Crippen molar-refractivity contribution >= 4 is 38.8 Å². The van der Waals surface area contributed by atoms with Gasteiger partial charge in [0.1, 0.15) is 6.07 Å². The molecule has 0 N–H and O–H groups in total. The molecule has 0 aromatic carbocycles. The van der Waals surface area contributed by atoms with Crippen LogP contribution in [0.25, 0.3) is 0 Å². The molecule has 48 heavy (non-hydrogen) atoms. The molecule has 0 fully saturated rings. The first-order chi connectivity index (χ1) is 21.5. The van der Waals surface area contributed by atoms with Crippen molar-refractivity contribution in [2.45, 2.75) is 185 Å². The smallest absolute Gasteiger partial charge is 0.476 e. The number of phosphoric acid groups is 2. The number of phosphoric ester groups is 2. The molecule has 0 spiro atoms. The highest BCUT2D eigenvalue weighted by Gasteiger charge is 2.37. The molecule has 0 aliphatic rings. The van der Waals surface area contributed by atoms with E-state index in [2.05, 4.69) is 27.7 Å². The molecule has 0 heterocycles. The number of unbranched alkanes of at least 4 members (excludes halogenated alkanes) is 4. The van der Waals surface area contributed by atoms with E-state index in [1.54, 1.807) is 83.1 Å². The summed E-state index contributed by atoms with van der Waals surface area (Å²) >= 11 is 12.2. The van der Waals surface area contributed by atoms with Crippen LogP contribution in [-0.4, -0.2) is 63.0 Å². The average Bonchev–Trinajstić information content (AvgIpc) is 2.84.